The Kier molecular flexibility index (Phi) is 7.33. The van der Waals surface area contributed by atoms with E-state index in [1.54, 1.807) is 0 Å². The lowest BCUT2D eigenvalue weighted by Gasteiger charge is -2.41. The molecular formula is C16H29NO8. The van der Waals surface area contributed by atoms with Crippen molar-refractivity contribution in [3.8, 4) is 0 Å². The van der Waals surface area contributed by atoms with Crippen LogP contribution in [0.4, 0.5) is 0 Å². The van der Waals surface area contributed by atoms with E-state index < -0.39 is 61.0 Å². The van der Waals surface area contributed by atoms with Crippen LogP contribution < -0.4 is 5.32 Å². The van der Waals surface area contributed by atoms with Gasteiger partial charge in [-0.25, -0.2) is 0 Å². The Balaban J connectivity index is 2.93. The molecule has 0 radical (unpaired) electrons. The van der Waals surface area contributed by atoms with Gasteiger partial charge in [0.25, 0.3) is 0 Å². The van der Waals surface area contributed by atoms with E-state index in [9.17, 15) is 30.0 Å². The molecule has 7 unspecified atom stereocenters. The molecule has 7 atom stereocenters. The quantitative estimate of drug-likeness (QED) is 0.339. The molecule has 1 aliphatic rings. The zero-order valence-corrected chi connectivity index (χ0v) is 14.9. The summed E-state index contributed by atoms with van der Waals surface area (Å²) in [7, 11) is 0. The summed E-state index contributed by atoms with van der Waals surface area (Å²) >= 11 is 0. The van der Waals surface area contributed by atoms with E-state index in [0.717, 1.165) is 0 Å². The molecule has 0 saturated carbocycles. The highest BCUT2D eigenvalue weighted by atomic mass is 16.6. The van der Waals surface area contributed by atoms with E-state index in [4.69, 9.17) is 9.84 Å². The van der Waals surface area contributed by atoms with Gasteiger partial charge in [0.05, 0.1) is 18.4 Å². The number of carbonyl (C=O) groups is 2. The number of carboxylic acids is 1. The molecule has 1 saturated heterocycles. The Morgan fingerprint density at radius 2 is 1.72 bits per heavy atom. The van der Waals surface area contributed by atoms with E-state index in [2.05, 4.69) is 5.32 Å². The first-order chi connectivity index (χ1) is 11.4. The molecule has 9 nitrogen and oxygen atoms in total. The molecule has 0 aliphatic carbocycles. The van der Waals surface area contributed by atoms with Crippen molar-refractivity contribution < 1.29 is 39.9 Å². The molecular weight excluding hydrogens is 334 g/mol. The normalized spacial score (nSPS) is 32.7. The van der Waals surface area contributed by atoms with Crippen molar-refractivity contribution in [2.24, 2.45) is 17.3 Å². The second-order valence-electron chi connectivity index (χ2n) is 7.76. The molecule has 0 aromatic rings. The minimum absolute atomic E-state index is 0.272. The van der Waals surface area contributed by atoms with E-state index >= 15 is 0 Å². The first kappa shape index (κ1) is 21.8. The molecule has 1 aliphatic heterocycles. The van der Waals surface area contributed by atoms with Crippen LogP contribution in [0.3, 0.4) is 0 Å². The number of aliphatic carboxylic acids is 1. The van der Waals surface area contributed by atoms with E-state index in [-0.39, 0.29) is 11.8 Å². The van der Waals surface area contributed by atoms with Crippen molar-refractivity contribution in [1.82, 2.24) is 5.32 Å². The van der Waals surface area contributed by atoms with Crippen LogP contribution in [0.1, 0.15) is 34.1 Å². The molecule has 0 bridgehead atoms. The highest BCUT2D eigenvalue weighted by molar-refractivity contribution is 5.84. The van der Waals surface area contributed by atoms with E-state index in [0.29, 0.717) is 0 Å². The number of nitrogens with one attached hydrogen (secondary N) is 1. The Hall–Kier alpha value is -1.26. The average Bonchev–Trinajstić information content (AvgIpc) is 2.50. The van der Waals surface area contributed by atoms with Crippen LogP contribution in [0.2, 0.25) is 0 Å². The lowest BCUT2D eigenvalue weighted by Crippen LogP contribution is -2.64. The fraction of sp³-hybridized carbons (Fsp3) is 0.875. The third kappa shape index (κ3) is 5.61. The Morgan fingerprint density at radius 3 is 2.16 bits per heavy atom. The number of aliphatic hydroxyl groups is 4. The molecule has 9 heteroatoms. The van der Waals surface area contributed by atoms with Crippen molar-refractivity contribution in [2.45, 2.75) is 64.8 Å². The number of carboxylic acid groups (broad SMARTS) is 1. The van der Waals surface area contributed by atoms with Gasteiger partial charge in [0.1, 0.15) is 24.4 Å². The predicted octanol–water partition coefficient (Wildman–Crippen LogP) is -1.32. The summed E-state index contributed by atoms with van der Waals surface area (Å²) < 4.78 is 4.98. The van der Waals surface area contributed by atoms with Crippen LogP contribution in [0.15, 0.2) is 0 Å². The first-order valence-corrected chi connectivity index (χ1v) is 8.22. The fourth-order valence-corrected chi connectivity index (χ4v) is 2.85. The lowest BCUT2D eigenvalue weighted by molar-refractivity contribution is -0.254. The van der Waals surface area contributed by atoms with Crippen LogP contribution >= 0.6 is 0 Å². The molecule has 1 rings (SSSR count). The maximum Gasteiger partial charge on any atom is 0.307 e. The Labute approximate surface area is 146 Å². The van der Waals surface area contributed by atoms with Gasteiger partial charge in [0, 0.05) is 0 Å². The second-order valence-corrected chi connectivity index (χ2v) is 7.76. The van der Waals surface area contributed by atoms with Gasteiger partial charge in [-0.15, -0.1) is 0 Å². The minimum atomic E-state index is -1.64. The van der Waals surface area contributed by atoms with Crippen LogP contribution in [-0.2, 0) is 14.3 Å². The van der Waals surface area contributed by atoms with Gasteiger partial charge in [0.15, 0.2) is 6.29 Å². The largest absolute Gasteiger partial charge is 0.481 e. The van der Waals surface area contributed by atoms with Crippen LogP contribution in [0.5, 0.6) is 0 Å². The number of amides is 1. The molecule has 146 valence electrons. The fourth-order valence-electron chi connectivity index (χ4n) is 2.85. The summed E-state index contributed by atoms with van der Waals surface area (Å²) in [6, 6.07) is -1.34. The summed E-state index contributed by atoms with van der Waals surface area (Å²) in [6.07, 6.45) is -5.62. The van der Waals surface area contributed by atoms with Crippen LogP contribution in [-0.4, -0.2) is 74.7 Å². The third-order valence-electron chi connectivity index (χ3n) is 4.37. The number of hydrogen-bond donors (Lipinski definition) is 6. The molecule has 1 amide bonds. The summed E-state index contributed by atoms with van der Waals surface area (Å²) in [5.74, 6) is -3.67. The third-order valence-corrected chi connectivity index (χ3v) is 4.37. The topological polar surface area (TPSA) is 157 Å². The zero-order chi connectivity index (χ0) is 19.5. The van der Waals surface area contributed by atoms with Crippen molar-refractivity contribution >= 4 is 11.9 Å². The minimum Gasteiger partial charge on any atom is -0.481 e. The Morgan fingerprint density at radius 1 is 1.16 bits per heavy atom. The maximum atomic E-state index is 12.6. The zero-order valence-electron chi connectivity index (χ0n) is 14.9. The van der Waals surface area contributed by atoms with Gasteiger partial charge in [-0.1, -0.05) is 27.7 Å². The van der Waals surface area contributed by atoms with Gasteiger partial charge < -0.3 is 35.6 Å². The molecule has 0 aromatic carbocycles. The standard InChI is InChI=1S/C16H29NO8/c1-7(14(22)23)8(5-16(2,3)4)13(21)17-10-12(20)11(19)9(6-18)25-15(10)24/h7-12,15,18-20,24H,5-6H2,1-4H3,(H,17,21)(H,22,23). The van der Waals surface area contributed by atoms with Crippen molar-refractivity contribution in [3.05, 3.63) is 0 Å². The predicted molar refractivity (Wildman–Crippen MR) is 86.3 cm³/mol. The number of ether oxygens (including phenoxy) is 1. The smallest absolute Gasteiger partial charge is 0.307 e. The van der Waals surface area contributed by atoms with Crippen LogP contribution in [0.25, 0.3) is 0 Å². The van der Waals surface area contributed by atoms with Gasteiger partial charge in [-0.3, -0.25) is 9.59 Å². The average molecular weight is 363 g/mol. The highest BCUT2D eigenvalue weighted by Crippen LogP contribution is 2.30. The maximum absolute atomic E-state index is 12.6. The monoisotopic (exact) mass is 363 g/mol. The molecule has 6 N–H and O–H groups in total. The molecule has 1 heterocycles. The summed E-state index contributed by atoms with van der Waals surface area (Å²) in [4.78, 5) is 23.9. The van der Waals surface area contributed by atoms with E-state index in [1.165, 1.54) is 6.92 Å². The summed E-state index contributed by atoms with van der Waals surface area (Å²) in [5.41, 5.74) is -0.326. The lowest BCUT2D eigenvalue weighted by atomic mass is 9.78. The van der Waals surface area contributed by atoms with Gasteiger partial charge in [0.2, 0.25) is 5.91 Å². The number of hydrogen-bond acceptors (Lipinski definition) is 7. The SMILES string of the molecule is CC(C(=O)O)C(CC(C)(C)C)C(=O)NC1C(O)OC(CO)C(O)C1O. The van der Waals surface area contributed by atoms with Gasteiger partial charge in [-0.2, -0.15) is 0 Å². The van der Waals surface area contributed by atoms with E-state index in [1.807, 2.05) is 20.8 Å². The molecule has 0 spiro atoms. The van der Waals surface area contributed by atoms with Crippen molar-refractivity contribution in [1.29, 1.82) is 0 Å². The van der Waals surface area contributed by atoms with Gasteiger partial charge in [-0.05, 0) is 11.8 Å². The highest BCUT2D eigenvalue weighted by Gasteiger charge is 2.45. The van der Waals surface area contributed by atoms with Crippen molar-refractivity contribution in [3.63, 3.8) is 0 Å². The summed E-state index contributed by atoms with van der Waals surface area (Å²) in [5, 5.41) is 50.6. The van der Waals surface area contributed by atoms with Crippen molar-refractivity contribution in [2.75, 3.05) is 6.61 Å². The molecule has 1 fully saturated rings. The van der Waals surface area contributed by atoms with Gasteiger partial charge >= 0.3 is 5.97 Å². The Bertz CT molecular complexity index is 477. The summed E-state index contributed by atoms with van der Waals surface area (Å²) in [6.45, 7) is 6.40. The molecule has 25 heavy (non-hydrogen) atoms. The number of carbonyl (C=O) groups excluding carboxylic acids is 1. The first-order valence-electron chi connectivity index (χ1n) is 8.22. The second kappa shape index (κ2) is 8.41. The molecule has 0 aromatic heterocycles. The number of rotatable bonds is 6. The van der Waals surface area contributed by atoms with Crippen LogP contribution in [0, 0.1) is 17.3 Å². The number of aliphatic hydroxyl groups excluding tert-OH is 4.